The molecule has 0 saturated heterocycles. The largest absolute Gasteiger partial charge is 0.465 e. The molecule has 0 bridgehead atoms. The second-order valence-corrected chi connectivity index (χ2v) is 4.82. The van der Waals surface area contributed by atoms with Gasteiger partial charge in [-0.05, 0) is 32.9 Å². The van der Waals surface area contributed by atoms with Crippen molar-refractivity contribution in [2.45, 2.75) is 26.7 Å². The Bertz CT molecular complexity index is 618. The summed E-state index contributed by atoms with van der Waals surface area (Å²) in [5.74, 6) is -5.54. The van der Waals surface area contributed by atoms with Gasteiger partial charge in [-0.25, -0.2) is 4.79 Å². The third-order valence-electron chi connectivity index (χ3n) is 3.25. The summed E-state index contributed by atoms with van der Waals surface area (Å²) in [6.45, 7) is 4.15. The van der Waals surface area contributed by atoms with E-state index < -0.39 is 40.2 Å². The minimum absolute atomic E-state index is 0.00894. The third-order valence-corrected chi connectivity index (χ3v) is 3.25. The molecule has 0 radical (unpaired) electrons. The van der Waals surface area contributed by atoms with Crippen molar-refractivity contribution in [2.75, 3.05) is 13.2 Å². The Morgan fingerprint density at radius 1 is 1.29 bits per heavy atom. The van der Waals surface area contributed by atoms with E-state index in [1.807, 2.05) is 0 Å². The quantitative estimate of drug-likeness (QED) is 0.178. The van der Waals surface area contributed by atoms with Gasteiger partial charge in [-0.2, -0.15) is 0 Å². The Hall–Kier alpha value is -2.84. The predicted octanol–water partition coefficient (Wildman–Crippen LogP) is 0.770. The van der Waals surface area contributed by atoms with E-state index >= 15 is 0 Å². The lowest BCUT2D eigenvalue weighted by Crippen LogP contribution is -2.41. The van der Waals surface area contributed by atoms with Crippen LogP contribution >= 0.6 is 0 Å². The zero-order chi connectivity index (χ0) is 18.3. The van der Waals surface area contributed by atoms with Gasteiger partial charge in [0, 0.05) is 16.8 Å². The molecule has 1 aromatic rings. The van der Waals surface area contributed by atoms with Gasteiger partial charge in [-0.1, -0.05) is 0 Å². The van der Waals surface area contributed by atoms with E-state index in [1.54, 1.807) is 13.0 Å². The fourth-order valence-electron chi connectivity index (χ4n) is 2.32. The topological polar surface area (TPSA) is 132 Å². The van der Waals surface area contributed by atoms with Crippen LogP contribution in [0.2, 0.25) is 0 Å². The van der Waals surface area contributed by atoms with Crippen LogP contribution in [-0.4, -0.2) is 51.7 Å². The molecule has 0 aliphatic rings. The number of aromatic nitrogens is 1. The Balaban J connectivity index is 3.49. The maximum Gasteiger partial charge on any atom is 0.405 e. The molecule has 2 N–H and O–H groups in total. The number of rotatable bonds is 8. The minimum atomic E-state index is -1.49. The maximum absolute atomic E-state index is 12.2. The van der Waals surface area contributed by atoms with Crippen molar-refractivity contribution < 1.29 is 34.0 Å². The van der Waals surface area contributed by atoms with E-state index in [2.05, 4.69) is 4.98 Å². The van der Waals surface area contributed by atoms with Crippen LogP contribution in [0.15, 0.2) is 18.3 Å². The van der Waals surface area contributed by atoms with Gasteiger partial charge in [0.1, 0.15) is 17.6 Å². The van der Waals surface area contributed by atoms with Crippen LogP contribution < -0.4 is 0 Å². The molecule has 9 heteroatoms. The smallest absolute Gasteiger partial charge is 0.405 e. The molecule has 1 heterocycles. The van der Waals surface area contributed by atoms with Gasteiger partial charge < -0.3 is 19.7 Å². The van der Waals surface area contributed by atoms with Crippen LogP contribution in [0, 0.1) is 11.1 Å². The van der Waals surface area contributed by atoms with Gasteiger partial charge in [-0.3, -0.25) is 14.8 Å². The number of H-pyrrole nitrogens is 1. The lowest BCUT2D eigenvalue weighted by Gasteiger charge is -2.21. The van der Waals surface area contributed by atoms with Crippen molar-refractivity contribution in [3.05, 3.63) is 29.2 Å². The highest BCUT2D eigenvalue weighted by Gasteiger charge is 2.47. The van der Waals surface area contributed by atoms with Gasteiger partial charge in [0.2, 0.25) is 0 Å². The number of nitrogens with zero attached hydrogens (tertiary/aromatic N) is 1. The number of aromatic amines is 1. The minimum Gasteiger partial charge on any atom is -0.465 e. The first-order valence-electron chi connectivity index (χ1n) is 7.35. The average molecular weight is 340 g/mol. The van der Waals surface area contributed by atoms with E-state index in [0.29, 0.717) is 0 Å². The summed E-state index contributed by atoms with van der Waals surface area (Å²) < 4.78 is 9.63. The predicted molar refractivity (Wildman–Crippen MR) is 81.4 cm³/mol. The summed E-state index contributed by atoms with van der Waals surface area (Å²) in [5.41, 5.74) is -0.575. The number of hydrogen-bond acceptors (Lipinski definition) is 7. The van der Waals surface area contributed by atoms with Crippen LogP contribution in [0.5, 0.6) is 0 Å². The van der Waals surface area contributed by atoms with Gasteiger partial charge >= 0.3 is 17.7 Å². The number of ether oxygens (including phenoxy) is 2. The van der Waals surface area contributed by atoms with Crippen LogP contribution in [0.4, 0.5) is 0 Å². The van der Waals surface area contributed by atoms with Gasteiger partial charge in [0.15, 0.2) is 0 Å². The number of nitrogens with one attached hydrogen (secondary N) is 1. The van der Waals surface area contributed by atoms with Crippen molar-refractivity contribution in [1.82, 2.24) is 4.98 Å². The summed E-state index contributed by atoms with van der Waals surface area (Å²) >= 11 is 0. The van der Waals surface area contributed by atoms with E-state index in [1.165, 1.54) is 19.2 Å². The molecule has 0 saturated carbocycles. The molecule has 0 fully saturated rings. The summed E-state index contributed by atoms with van der Waals surface area (Å²) in [7, 11) is 0. The molecular formula is C15H20N2O7. The maximum atomic E-state index is 12.2. The molecule has 0 aromatic carbocycles. The summed E-state index contributed by atoms with van der Waals surface area (Å²) in [5, 5.41) is 20.9. The SMILES string of the molecule is CCOC(=O)C(C(c1ccc[nH]1)C(C(C)=O)C(=O)OCC)=[N+]([O-])O. The first-order valence-corrected chi connectivity index (χ1v) is 7.35. The lowest BCUT2D eigenvalue weighted by atomic mass is 9.82. The lowest BCUT2D eigenvalue weighted by molar-refractivity contribution is -0.726. The number of esters is 2. The highest BCUT2D eigenvalue weighted by atomic mass is 16.8. The molecule has 0 spiro atoms. The normalized spacial score (nSPS) is 14.3. The summed E-state index contributed by atoms with van der Waals surface area (Å²) in [6, 6.07) is 3.03. The van der Waals surface area contributed by atoms with E-state index in [-0.39, 0.29) is 18.9 Å². The molecule has 1 aromatic heterocycles. The van der Waals surface area contributed by atoms with Gasteiger partial charge in [-0.15, -0.1) is 0 Å². The fraction of sp³-hybridized carbons (Fsp3) is 0.467. The number of Topliss-reactive ketones (excluding diaryl/α,β-unsaturated/α-hetero) is 1. The number of hydrogen-bond donors (Lipinski definition) is 2. The zero-order valence-corrected chi connectivity index (χ0v) is 13.6. The Kier molecular flexibility index (Phi) is 6.97. The van der Waals surface area contributed by atoms with Gasteiger partial charge in [0.25, 0.3) is 0 Å². The van der Waals surface area contributed by atoms with Crippen molar-refractivity contribution in [3.8, 4) is 0 Å². The molecule has 132 valence electrons. The van der Waals surface area contributed by atoms with Crippen molar-refractivity contribution in [2.24, 2.45) is 5.92 Å². The van der Waals surface area contributed by atoms with Gasteiger partial charge in [0.05, 0.1) is 13.2 Å². The van der Waals surface area contributed by atoms with Crippen LogP contribution in [0.3, 0.4) is 0 Å². The first kappa shape index (κ1) is 19.2. The van der Waals surface area contributed by atoms with E-state index in [9.17, 15) is 24.8 Å². The van der Waals surface area contributed by atoms with Crippen molar-refractivity contribution >= 4 is 23.4 Å². The molecule has 2 unspecified atom stereocenters. The first-order chi connectivity index (χ1) is 11.3. The van der Waals surface area contributed by atoms with Crippen molar-refractivity contribution in [3.63, 3.8) is 0 Å². The zero-order valence-electron chi connectivity index (χ0n) is 13.6. The third kappa shape index (κ3) is 4.34. The fourth-order valence-corrected chi connectivity index (χ4v) is 2.32. The Morgan fingerprint density at radius 3 is 2.33 bits per heavy atom. The highest BCUT2D eigenvalue weighted by Crippen LogP contribution is 2.28. The van der Waals surface area contributed by atoms with E-state index in [4.69, 9.17) is 9.47 Å². The summed E-state index contributed by atoms with van der Waals surface area (Å²) in [4.78, 5) is 38.4. The van der Waals surface area contributed by atoms with Crippen molar-refractivity contribution in [1.29, 1.82) is 0 Å². The molecule has 0 amide bonds. The molecule has 0 aliphatic carbocycles. The second-order valence-electron chi connectivity index (χ2n) is 4.82. The molecular weight excluding hydrogens is 320 g/mol. The Labute approximate surface area is 138 Å². The molecule has 2 atom stereocenters. The number of carbonyl (C=O) groups is 3. The molecule has 24 heavy (non-hydrogen) atoms. The average Bonchev–Trinajstić information content (AvgIpc) is 3.00. The second kappa shape index (κ2) is 8.70. The number of carbonyl (C=O) groups excluding carboxylic acids is 3. The van der Waals surface area contributed by atoms with Crippen LogP contribution in [0.25, 0.3) is 0 Å². The van der Waals surface area contributed by atoms with E-state index in [0.717, 1.165) is 6.92 Å². The Morgan fingerprint density at radius 2 is 1.92 bits per heavy atom. The standard InChI is InChI=1S/C15H20N2O7/c1-4-23-14(19)11(9(3)18)12(10-7-6-8-16-10)13(17(21)22)15(20)24-5-2/h6-8,11-12,16H,4-5H2,1-3H3,(H,21,22). The molecule has 1 rings (SSSR count). The molecule has 9 nitrogen and oxygen atoms in total. The number of ketones is 1. The van der Waals surface area contributed by atoms with Crippen LogP contribution in [-0.2, 0) is 23.9 Å². The monoisotopic (exact) mass is 340 g/mol. The van der Waals surface area contributed by atoms with Crippen LogP contribution in [0.1, 0.15) is 32.4 Å². The summed E-state index contributed by atoms with van der Waals surface area (Å²) in [6.07, 6.45) is 1.49. The molecule has 0 aliphatic heterocycles. The highest BCUT2D eigenvalue weighted by molar-refractivity contribution is 6.37.